The summed E-state index contributed by atoms with van der Waals surface area (Å²) < 4.78 is 35.9. The number of cyclic esters (lactones) is 1. The lowest BCUT2D eigenvalue weighted by Crippen LogP contribution is -2.61. The number of Topliss-reactive ketones (excluding diaryl/α,β-unsaturated/α-hetero) is 3. The highest BCUT2D eigenvalue weighted by Crippen LogP contribution is 2.38. The number of aliphatic hydroxyl groups excluding tert-OH is 1. The molecule has 3 heterocycles. The van der Waals surface area contributed by atoms with Crippen LogP contribution in [-0.4, -0.2) is 133 Å². The summed E-state index contributed by atoms with van der Waals surface area (Å²) in [7, 11) is 4.66. The number of hydrogen-bond acceptors (Lipinski definition) is 13. The van der Waals surface area contributed by atoms with Gasteiger partial charge in [0.2, 0.25) is 5.79 Å². The van der Waals surface area contributed by atoms with Gasteiger partial charge in [0.05, 0.1) is 24.4 Å². The van der Waals surface area contributed by atoms with Gasteiger partial charge in [-0.1, -0.05) is 78.0 Å². The zero-order valence-electron chi connectivity index (χ0n) is 43.0. The molecule has 1 amide bonds. The normalized spacial score (nSPS) is 39.2. The summed E-state index contributed by atoms with van der Waals surface area (Å²) in [5, 5.41) is 23.5. The van der Waals surface area contributed by atoms with Crippen molar-refractivity contribution in [2.75, 3.05) is 34.5 Å². The fourth-order valence-electron chi connectivity index (χ4n) is 10.6. The van der Waals surface area contributed by atoms with Crippen molar-refractivity contribution in [3.63, 3.8) is 0 Å². The Labute approximate surface area is 406 Å². The van der Waals surface area contributed by atoms with Crippen LogP contribution < -0.4 is 0 Å². The van der Waals surface area contributed by atoms with Gasteiger partial charge in [0.15, 0.2) is 5.78 Å². The number of carbonyl (C=O) groups is 5. The van der Waals surface area contributed by atoms with Crippen molar-refractivity contribution in [3.05, 3.63) is 47.6 Å². The van der Waals surface area contributed by atoms with E-state index in [1.54, 1.807) is 41.1 Å². The maximum Gasteiger partial charge on any atom is 0.329 e. The van der Waals surface area contributed by atoms with Crippen LogP contribution >= 0.6 is 0 Å². The summed E-state index contributed by atoms with van der Waals surface area (Å²) in [6, 6.07) is -1.12. The van der Waals surface area contributed by atoms with E-state index >= 15 is 0 Å². The van der Waals surface area contributed by atoms with Crippen LogP contribution in [0.2, 0.25) is 0 Å². The molecule has 3 aliphatic heterocycles. The molecule has 2 N–H and O–H groups in total. The number of amides is 1. The Morgan fingerprint density at radius 2 is 1.59 bits per heavy atom. The van der Waals surface area contributed by atoms with E-state index in [4.69, 9.17) is 28.4 Å². The Kier molecular flexibility index (Phi) is 23.0. The maximum atomic E-state index is 14.5. The van der Waals surface area contributed by atoms with Crippen molar-refractivity contribution < 1.29 is 62.6 Å². The standard InChI is InChI=1S/C54H85NO13/c1-12-26-66-44-24-22-40(30-47(44)64-10)29-36(5)46-32-43(56)35(4)28-38(7)49(58)50(65-11)48(57)37(6)27-33(2)18-14-13-15-19-34(3)45(63-9)31-41-23-21-39(8)54(62,68-41)51(59)52(60)55-25-17-16-20-42(55)53(61)67-46/h13-15,18-19,28,33,35-37,39-42,44-47,49-50,58,62H,12,16-17,20-27,29-32H2,1-11H3/b15-13+,18-14+,34-19+,38-28+/t33-,35-,36-,37-,39-,40+,41?,42+,44-,45+,46+,47-,49-,50+,54-/m1/s1. The topological polar surface area (TPSA) is 184 Å². The molecule has 14 nitrogen and oxygen atoms in total. The third-order valence-corrected chi connectivity index (χ3v) is 15.0. The highest BCUT2D eigenvalue weighted by atomic mass is 16.6. The number of hydrogen-bond donors (Lipinski definition) is 2. The lowest BCUT2D eigenvalue weighted by Gasteiger charge is -2.42. The van der Waals surface area contributed by atoms with Gasteiger partial charge >= 0.3 is 5.97 Å². The Morgan fingerprint density at radius 3 is 2.26 bits per heavy atom. The summed E-state index contributed by atoms with van der Waals surface area (Å²) in [6.45, 7) is 15.6. The smallest absolute Gasteiger partial charge is 0.329 e. The van der Waals surface area contributed by atoms with E-state index in [0.29, 0.717) is 57.1 Å². The molecule has 14 heteroatoms. The molecule has 1 saturated carbocycles. The fraction of sp³-hybridized carbons (Fsp3) is 0.759. The number of fused-ring (bicyclic) bond motifs is 3. The number of esters is 1. The minimum absolute atomic E-state index is 0.0147. The zero-order chi connectivity index (χ0) is 50.3. The number of ketones is 3. The van der Waals surface area contributed by atoms with Gasteiger partial charge in [-0.15, -0.1) is 0 Å². The maximum absolute atomic E-state index is 14.5. The zero-order valence-corrected chi connectivity index (χ0v) is 43.0. The quantitative estimate of drug-likeness (QED) is 0.131. The third kappa shape index (κ3) is 15.3. The van der Waals surface area contributed by atoms with Gasteiger partial charge in [-0.25, -0.2) is 4.79 Å². The SMILES string of the molecule is CCCO[C@@H]1CC[C@@H](C[C@@H](C)[C@@H]2CC(=O)[C@H](C)/C=C(\C)[C@@H](O)[C@@H](OC)C(=O)[C@H](C)C[C@H](C)/C=C/C=C/C=C(\C)[C@@H](OC)CC3CC[C@@H](C)[C@@](O)(O3)C(=O)C(=O)N3CCCC[C@H]3C(=O)O2)C[C@H]1OC. The summed E-state index contributed by atoms with van der Waals surface area (Å²) in [5.74, 6) is -7.71. The number of aliphatic hydroxyl groups is 2. The molecule has 68 heavy (non-hydrogen) atoms. The largest absolute Gasteiger partial charge is 0.460 e. The Balaban J connectivity index is 1.70. The molecule has 0 aromatic carbocycles. The Hall–Kier alpha value is -3.37. The molecule has 15 atom stereocenters. The predicted molar refractivity (Wildman–Crippen MR) is 259 cm³/mol. The number of piperidine rings is 1. The van der Waals surface area contributed by atoms with Crippen molar-refractivity contribution in [2.24, 2.45) is 35.5 Å². The van der Waals surface area contributed by atoms with Crippen molar-refractivity contribution in [3.8, 4) is 0 Å². The summed E-state index contributed by atoms with van der Waals surface area (Å²) in [4.78, 5) is 72.2. The van der Waals surface area contributed by atoms with Crippen LogP contribution in [0.3, 0.4) is 0 Å². The van der Waals surface area contributed by atoms with Crippen LogP contribution in [0.15, 0.2) is 47.6 Å². The van der Waals surface area contributed by atoms with Crippen molar-refractivity contribution in [2.45, 2.75) is 193 Å². The molecule has 1 aliphatic carbocycles. The van der Waals surface area contributed by atoms with Crippen molar-refractivity contribution in [1.29, 1.82) is 0 Å². The van der Waals surface area contributed by atoms with Gasteiger partial charge in [0.25, 0.3) is 11.7 Å². The summed E-state index contributed by atoms with van der Waals surface area (Å²) in [6.07, 6.45) is 13.7. The highest BCUT2D eigenvalue weighted by molar-refractivity contribution is 6.39. The summed E-state index contributed by atoms with van der Waals surface area (Å²) in [5.41, 5.74) is 1.29. The monoisotopic (exact) mass is 956 g/mol. The number of ether oxygens (including phenoxy) is 6. The number of carbonyl (C=O) groups excluding carboxylic acids is 5. The van der Waals surface area contributed by atoms with Crippen LogP contribution in [0.25, 0.3) is 0 Å². The molecule has 0 radical (unpaired) electrons. The molecule has 1 unspecified atom stereocenters. The van der Waals surface area contributed by atoms with Crippen LogP contribution in [0.1, 0.15) is 139 Å². The highest BCUT2D eigenvalue weighted by Gasteiger charge is 2.53. The Bertz CT molecular complexity index is 1810. The van der Waals surface area contributed by atoms with Crippen LogP contribution in [-0.2, 0) is 52.4 Å². The molecule has 4 aliphatic rings. The molecule has 4 rings (SSSR count). The van der Waals surface area contributed by atoms with Gasteiger partial charge < -0.3 is 43.5 Å². The molecule has 0 aromatic heterocycles. The first-order chi connectivity index (χ1) is 32.3. The van der Waals surface area contributed by atoms with Crippen LogP contribution in [0.4, 0.5) is 0 Å². The minimum atomic E-state index is -2.42. The summed E-state index contributed by atoms with van der Waals surface area (Å²) >= 11 is 0. The van der Waals surface area contributed by atoms with Gasteiger partial charge in [0.1, 0.15) is 30.1 Å². The number of nitrogens with zero attached hydrogens (tertiary/aromatic N) is 1. The molecule has 3 fully saturated rings. The average molecular weight is 956 g/mol. The molecule has 2 bridgehead atoms. The van der Waals surface area contributed by atoms with E-state index in [9.17, 15) is 34.2 Å². The van der Waals surface area contributed by atoms with E-state index < -0.39 is 77.8 Å². The van der Waals surface area contributed by atoms with Gasteiger partial charge in [0, 0.05) is 65.1 Å². The first kappa shape index (κ1) is 57.2. The van der Waals surface area contributed by atoms with Crippen LogP contribution in [0, 0.1) is 35.5 Å². The second-order valence-electron chi connectivity index (χ2n) is 20.4. The fourth-order valence-corrected chi connectivity index (χ4v) is 10.6. The van der Waals surface area contributed by atoms with Crippen molar-refractivity contribution >= 4 is 29.2 Å². The minimum Gasteiger partial charge on any atom is -0.460 e. The van der Waals surface area contributed by atoms with E-state index in [0.717, 1.165) is 31.3 Å². The second-order valence-corrected chi connectivity index (χ2v) is 20.4. The van der Waals surface area contributed by atoms with Gasteiger partial charge in [-0.2, -0.15) is 0 Å². The molecule has 2 saturated heterocycles. The molecule has 0 spiro atoms. The second kappa shape index (κ2) is 27.3. The first-order valence-corrected chi connectivity index (χ1v) is 25.4. The lowest BCUT2D eigenvalue weighted by atomic mass is 9.78. The van der Waals surface area contributed by atoms with Gasteiger partial charge in [-0.3, -0.25) is 19.2 Å². The Morgan fingerprint density at radius 1 is 0.853 bits per heavy atom. The van der Waals surface area contributed by atoms with Crippen molar-refractivity contribution in [1.82, 2.24) is 4.90 Å². The lowest BCUT2D eigenvalue weighted by molar-refractivity contribution is -0.265. The van der Waals surface area contributed by atoms with E-state index in [-0.39, 0.29) is 60.9 Å². The van der Waals surface area contributed by atoms with E-state index in [2.05, 4.69) is 6.92 Å². The first-order valence-electron chi connectivity index (χ1n) is 25.4. The molecule has 384 valence electrons. The van der Waals surface area contributed by atoms with E-state index in [1.165, 1.54) is 12.0 Å². The molecular weight excluding hydrogens is 871 g/mol. The number of allylic oxidation sites excluding steroid dienone is 6. The predicted octanol–water partition coefficient (Wildman–Crippen LogP) is 7.61. The number of rotatable bonds is 9. The van der Waals surface area contributed by atoms with Crippen LogP contribution in [0.5, 0.6) is 0 Å². The molecular formula is C54H85NO13. The molecule has 0 aromatic rings. The average Bonchev–Trinajstić information content (AvgIpc) is 3.32. The van der Waals surface area contributed by atoms with Gasteiger partial charge in [-0.05, 0) is 113 Å². The third-order valence-electron chi connectivity index (χ3n) is 15.0. The number of methoxy groups -OCH3 is 3. The van der Waals surface area contributed by atoms with E-state index in [1.807, 2.05) is 58.1 Å².